The van der Waals surface area contributed by atoms with E-state index in [1.165, 1.54) is 12.1 Å². The van der Waals surface area contributed by atoms with Gasteiger partial charge in [0, 0.05) is 18.4 Å². The Bertz CT molecular complexity index is 637. The number of unbranched alkanes of at least 4 members (excludes halogenated alkanes) is 1. The first-order valence-corrected chi connectivity index (χ1v) is 6.01. The van der Waals surface area contributed by atoms with Gasteiger partial charge in [-0.05, 0) is 35.4 Å². The quantitative estimate of drug-likeness (QED) is 0.579. The van der Waals surface area contributed by atoms with Crippen molar-refractivity contribution < 1.29 is 4.39 Å². The topological polar surface area (TPSA) is 23.8 Å². The van der Waals surface area contributed by atoms with Crippen LogP contribution in [-0.2, 0) is 0 Å². The van der Waals surface area contributed by atoms with Crippen molar-refractivity contribution >= 4 is 0 Å². The van der Waals surface area contributed by atoms with Crippen molar-refractivity contribution in [2.45, 2.75) is 12.8 Å². The van der Waals surface area contributed by atoms with Crippen LogP contribution in [0.4, 0.5) is 4.39 Å². The molecule has 0 heterocycles. The standard InChI is InChI=1S/C17H12FN/c18-17-11-9-16(10-12-17)15-7-5-14(6-8-15)4-2-1-3-13-19/h5-12H,1,3H2. The van der Waals surface area contributed by atoms with E-state index in [0.29, 0.717) is 12.8 Å². The molecule has 0 atom stereocenters. The summed E-state index contributed by atoms with van der Waals surface area (Å²) >= 11 is 0. The second-order valence-electron chi connectivity index (χ2n) is 4.04. The molecule has 2 aromatic carbocycles. The highest BCUT2D eigenvalue weighted by molar-refractivity contribution is 5.64. The molecule has 1 nitrogen and oxygen atoms in total. The zero-order valence-corrected chi connectivity index (χ0v) is 10.4. The Morgan fingerprint density at radius 3 is 2.00 bits per heavy atom. The third-order valence-electron chi connectivity index (χ3n) is 2.66. The summed E-state index contributed by atoms with van der Waals surface area (Å²) in [5.41, 5.74) is 2.93. The SMILES string of the molecule is N#CCCC#Cc1ccc(-c2ccc(F)cc2)cc1. The van der Waals surface area contributed by atoms with Crippen molar-refractivity contribution in [2.75, 3.05) is 0 Å². The predicted molar refractivity (Wildman–Crippen MR) is 73.6 cm³/mol. The minimum absolute atomic E-state index is 0.233. The molecule has 0 spiro atoms. The number of benzene rings is 2. The van der Waals surface area contributed by atoms with Gasteiger partial charge < -0.3 is 0 Å². The van der Waals surface area contributed by atoms with Crippen molar-refractivity contribution in [2.24, 2.45) is 0 Å². The summed E-state index contributed by atoms with van der Waals surface area (Å²) in [7, 11) is 0. The number of halogens is 1. The summed E-state index contributed by atoms with van der Waals surface area (Å²) in [5.74, 6) is 5.72. The highest BCUT2D eigenvalue weighted by Gasteiger charge is 1.97. The van der Waals surface area contributed by atoms with Gasteiger partial charge >= 0.3 is 0 Å². The van der Waals surface area contributed by atoms with Crippen LogP contribution in [0.5, 0.6) is 0 Å². The van der Waals surface area contributed by atoms with E-state index in [9.17, 15) is 4.39 Å². The fourth-order valence-corrected chi connectivity index (χ4v) is 1.67. The zero-order valence-electron chi connectivity index (χ0n) is 10.4. The molecular weight excluding hydrogens is 237 g/mol. The van der Waals surface area contributed by atoms with Gasteiger partial charge in [0.25, 0.3) is 0 Å². The maximum atomic E-state index is 12.8. The molecule has 2 aromatic rings. The summed E-state index contributed by atoms with van der Waals surface area (Å²) in [5, 5.41) is 8.40. The summed E-state index contributed by atoms with van der Waals surface area (Å²) in [4.78, 5) is 0. The van der Waals surface area contributed by atoms with E-state index < -0.39 is 0 Å². The van der Waals surface area contributed by atoms with Crippen LogP contribution >= 0.6 is 0 Å². The van der Waals surface area contributed by atoms with Crippen molar-refractivity contribution in [3.05, 3.63) is 59.9 Å². The van der Waals surface area contributed by atoms with E-state index in [1.807, 2.05) is 24.3 Å². The average Bonchev–Trinajstić information content (AvgIpc) is 2.45. The van der Waals surface area contributed by atoms with Gasteiger partial charge in [-0.25, -0.2) is 4.39 Å². The van der Waals surface area contributed by atoms with Gasteiger partial charge in [-0.2, -0.15) is 5.26 Å². The Morgan fingerprint density at radius 1 is 0.842 bits per heavy atom. The number of hydrogen-bond donors (Lipinski definition) is 0. The van der Waals surface area contributed by atoms with Gasteiger partial charge in [0.15, 0.2) is 0 Å². The van der Waals surface area contributed by atoms with Crippen molar-refractivity contribution in [1.82, 2.24) is 0 Å². The van der Waals surface area contributed by atoms with E-state index in [0.717, 1.165) is 16.7 Å². The van der Waals surface area contributed by atoms with Crippen LogP contribution in [0, 0.1) is 29.0 Å². The lowest BCUT2D eigenvalue weighted by molar-refractivity contribution is 0.628. The molecule has 0 aromatic heterocycles. The van der Waals surface area contributed by atoms with Crippen LogP contribution in [0.3, 0.4) is 0 Å². The molecule has 0 amide bonds. The van der Waals surface area contributed by atoms with Crippen molar-refractivity contribution in [3.8, 4) is 29.0 Å². The molecule has 92 valence electrons. The van der Waals surface area contributed by atoms with E-state index in [4.69, 9.17) is 5.26 Å². The van der Waals surface area contributed by atoms with Crippen molar-refractivity contribution in [3.63, 3.8) is 0 Å². The Balaban J connectivity index is 2.12. The molecule has 0 aliphatic rings. The first-order valence-electron chi connectivity index (χ1n) is 6.01. The van der Waals surface area contributed by atoms with Crippen LogP contribution in [0.1, 0.15) is 18.4 Å². The Hall–Kier alpha value is -2.58. The van der Waals surface area contributed by atoms with E-state index in [1.54, 1.807) is 12.1 Å². The third-order valence-corrected chi connectivity index (χ3v) is 2.66. The predicted octanol–water partition coefficient (Wildman–Crippen LogP) is 4.15. The molecule has 0 saturated carbocycles. The molecule has 0 unspecified atom stereocenters. The number of nitrogens with zero attached hydrogens (tertiary/aromatic N) is 1. The van der Waals surface area contributed by atoms with Crippen LogP contribution in [0.25, 0.3) is 11.1 Å². The molecule has 0 saturated heterocycles. The Labute approximate surface area is 112 Å². The van der Waals surface area contributed by atoms with Gasteiger partial charge in [0.1, 0.15) is 5.82 Å². The second-order valence-corrected chi connectivity index (χ2v) is 4.04. The molecule has 2 heteroatoms. The molecule has 0 N–H and O–H groups in total. The monoisotopic (exact) mass is 249 g/mol. The number of nitriles is 1. The normalized spacial score (nSPS) is 9.26. The fourth-order valence-electron chi connectivity index (χ4n) is 1.67. The van der Waals surface area contributed by atoms with E-state index >= 15 is 0 Å². The second kappa shape index (κ2) is 6.38. The largest absolute Gasteiger partial charge is 0.207 e. The molecule has 2 rings (SSSR count). The van der Waals surface area contributed by atoms with E-state index in [2.05, 4.69) is 17.9 Å². The smallest absolute Gasteiger partial charge is 0.123 e. The maximum absolute atomic E-state index is 12.8. The number of hydrogen-bond acceptors (Lipinski definition) is 1. The molecule has 0 aliphatic heterocycles. The summed E-state index contributed by atoms with van der Waals surface area (Å²) < 4.78 is 12.8. The summed E-state index contributed by atoms with van der Waals surface area (Å²) in [6, 6.07) is 16.2. The molecule has 0 radical (unpaired) electrons. The third kappa shape index (κ3) is 3.69. The lowest BCUT2D eigenvalue weighted by Crippen LogP contribution is -1.80. The Kier molecular flexibility index (Phi) is 4.32. The molecule has 19 heavy (non-hydrogen) atoms. The van der Waals surface area contributed by atoms with Gasteiger partial charge in [-0.3, -0.25) is 0 Å². The first-order chi connectivity index (χ1) is 9.29. The highest BCUT2D eigenvalue weighted by Crippen LogP contribution is 2.19. The van der Waals surface area contributed by atoms with Crippen LogP contribution in [0.15, 0.2) is 48.5 Å². The lowest BCUT2D eigenvalue weighted by atomic mass is 10.0. The zero-order chi connectivity index (χ0) is 13.5. The lowest BCUT2D eigenvalue weighted by Gasteiger charge is -2.01. The fraction of sp³-hybridized carbons (Fsp3) is 0.118. The van der Waals surface area contributed by atoms with Crippen LogP contribution in [0.2, 0.25) is 0 Å². The molecule has 0 fully saturated rings. The Morgan fingerprint density at radius 2 is 1.42 bits per heavy atom. The maximum Gasteiger partial charge on any atom is 0.123 e. The molecule has 0 bridgehead atoms. The highest BCUT2D eigenvalue weighted by atomic mass is 19.1. The van der Waals surface area contributed by atoms with E-state index in [-0.39, 0.29) is 5.82 Å². The average molecular weight is 249 g/mol. The minimum Gasteiger partial charge on any atom is -0.207 e. The molecule has 0 aliphatic carbocycles. The molecular formula is C17H12FN. The van der Waals surface area contributed by atoms with Gasteiger partial charge in [0.05, 0.1) is 6.07 Å². The summed E-state index contributed by atoms with van der Waals surface area (Å²) in [6.45, 7) is 0. The van der Waals surface area contributed by atoms with Gasteiger partial charge in [-0.15, -0.1) is 0 Å². The van der Waals surface area contributed by atoms with Gasteiger partial charge in [0.2, 0.25) is 0 Å². The first kappa shape index (κ1) is 12.9. The number of rotatable bonds is 2. The minimum atomic E-state index is -0.233. The summed E-state index contributed by atoms with van der Waals surface area (Å²) in [6.07, 6.45) is 1.05. The van der Waals surface area contributed by atoms with Gasteiger partial charge in [-0.1, -0.05) is 36.1 Å². The van der Waals surface area contributed by atoms with Crippen LogP contribution < -0.4 is 0 Å². The van der Waals surface area contributed by atoms with Crippen molar-refractivity contribution in [1.29, 1.82) is 5.26 Å². The van der Waals surface area contributed by atoms with Crippen LogP contribution in [-0.4, -0.2) is 0 Å².